The van der Waals surface area contributed by atoms with Crippen LogP contribution in [0.4, 0.5) is 5.69 Å². The molecule has 0 amide bonds. The minimum atomic E-state index is 0.698. The van der Waals surface area contributed by atoms with Gasteiger partial charge >= 0.3 is 0 Å². The van der Waals surface area contributed by atoms with Crippen LogP contribution in [0.5, 0.6) is 0 Å². The van der Waals surface area contributed by atoms with Crippen LogP contribution >= 0.6 is 31.9 Å². The number of hydrogen-bond donors (Lipinski definition) is 1. The molecule has 2 aromatic carbocycles. The van der Waals surface area contributed by atoms with Crippen molar-refractivity contribution in [3.63, 3.8) is 0 Å². The van der Waals surface area contributed by atoms with E-state index in [1.54, 1.807) is 0 Å². The molecule has 1 heterocycles. The first kappa shape index (κ1) is 13.6. The van der Waals surface area contributed by atoms with Gasteiger partial charge in [0.2, 0.25) is 0 Å². The van der Waals surface area contributed by atoms with Gasteiger partial charge in [0.1, 0.15) is 5.82 Å². The molecule has 1 aromatic heterocycles. The molecular formula is C15H13Br2N3. The molecule has 0 unspecified atom stereocenters. The number of fused-ring (bicyclic) bond motifs is 1. The average molecular weight is 395 g/mol. The molecule has 0 aliphatic carbocycles. The van der Waals surface area contributed by atoms with Crippen molar-refractivity contribution in [2.24, 2.45) is 7.05 Å². The van der Waals surface area contributed by atoms with Gasteiger partial charge in [0.15, 0.2) is 0 Å². The van der Waals surface area contributed by atoms with Crippen molar-refractivity contribution in [2.75, 3.05) is 5.73 Å². The molecule has 0 spiro atoms. The maximum Gasteiger partial charge on any atom is 0.143 e. The number of rotatable bonds is 1. The monoisotopic (exact) mass is 393 g/mol. The van der Waals surface area contributed by atoms with Crippen LogP contribution in [-0.2, 0) is 7.05 Å². The Morgan fingerprint density at radius 3 is 2.65 bits per heavy atom. The van der Waals surface area contributed by atoms with E-state index in [0.29, 0.717) is 5.69 Å². The molecule has 0 aliphatic rings. The van der Waals surface area contributed by atoms with Gasteiger partial charge in [-0.1, -0.05) is 28.1 Å². The highest BCUT2D eigenvalue weighted by Gasteiger charge is 2.15. The maximum atomic E-state index is 6.19. The Kier molecular flexibility index (Phi) is 3.34. The second-order valence-corrected chi connectivity index (χ2v) is 6.56. The molecule has 3 rings (SSSR count). The van der Waals surface area contributed by atoms with Gasteiger partial charge in [0.05, 0.1) is 16.7 Å². The molecule has 0 aliphatic heterocycles. The second-order valence-electron chi connectivity index (χ2n) is 4.79. The normalized spacial score (nSPS) is 11.2. The van der Waals surface area contributed by atoms with E-state index in [0.717, 1.165) is 31.4 Å². The summed E-state index contributed by atoms with van der Waals surface area (Å²) in [6, 6.07) is 10.1. The van der Waals surface area contributed by atoms with E-state index in [9.17, 15) is 0 Å². The standard InChI is InChI=1S/C15H13Br2N3/c1-8-4-3-5-12-14(8)20(2)15(19-12)10-6-9(16)7-11(17)13(10)18/h3-7H,18H2,1-2H3. The lowest BCUT2D eigenvalue weighted by Crippen LogP contribution is -1.98. The van der Waals surface area contributed by atoms with Crippen molar-refractivity contribution in [1.82, 2.24) is 9.55 Å². The number of benzene rings is 2. The van der Waals surface area contributed by atoms with Gasteiger partial charge in [-0.15, -0.1) is 0 Å². The Bertz CT molecular complexity index is 822. The van der Waals surface area contributed by atoms with Crippen molar-refractivity contribution in [2.45, 2.75) is 6.92 Å². The minimum Gasteiger partial charge on any atom is -0.397 e. The van der Waals surface area contributed by atoms with E-state index in [4.69, 9.17) is 10.7 Å². The lowest BCUT2D eigenvalue weighted by Gasteiger charge is -2.09. The van der Waals surface area contributed by atoms with Crippen LogP contribution in [0, 0.1) is 6.92 Å². The summed E-state index contributed by atoms with van der Waals surface area (Å²) in [6.45, 7) is 2.09. The van der Waals surface area contributed by atoms with Gasteiger partial charge in [0, 0.05) is 21.6 Å². The predicted octanol–water partition coefficient (Wildman–Crippen LogP) is 4.66. The first-order valence-electron chi connectivity index (χ1n) is 6.16. The molecule has 0 bridgehead atoms. The topological polar surface area (TPSA) is 43.8 Å². The number of nitrogens with zero attached hydrogens (tertiary/aromatic N) is 2. The number of anilines is 1. The van der Waals surface area contributed by atoms with Crippen molar-refractivity contribution in [3.05, 3.63) is 44.8 Å². The molecule has 2 N–H and O–H groups in total. The highest BCUT2D eigenvalue weighted by atomic mass is 79.9. The molecule has 3 aromatic rings. The summed E-state index contributed by atoms with van der Waals surface area (Å²) >= 11 is 6.99. The fraction of sp³-hybridized carbons (Fsp3) is 0.133. The van der Waals surface area contributed by atoms with Crippen LogP contribution in [0.25, 0.3) is 22.4 Å². The molecular weight excluding hydrogens is 382 g/mol. The van der Waals surface area contributed by atoms with Crippen LogP contribution < -0.4 is 5.73 Å². The smallest absolute Gasteiger partial charge is 0.143 e. The zero-order chi connectivity index (χ0) is 14.4. The Hall–Kier alpha value is -1.33. The zero-order valence-corrected chi connectivity index (χ0v) is 14.3. The van der Waals surface area contributed by atoms with Crippen LogP contribution in [0.15, 0.2) is 39.3 Å². The van der Waals surface area contributed by atoms with Gasteiger partial charge in [-0.3, -0.25) is 0 Å². The van der Waals surface area contributed by atoms with E-state index in [-0.39, 0.29) is 0 Å². The van der Waals surface area contributed by atoms with Crippen LogP contribution in [0.3, 0.4) is 0 Å². The molecule has 0 saturated heterocycles. The Morgan fingerprint density at radius 1 is 1.20 bits per heavy atom. The SMILES string of the molecule is Cc1cccc2nc(-c3cc(Br)cc(Br)c3N)n(C)c12. The van der Waals surface area contributed by atoms with Crippen molar-refractivity contribution in [3.8, 4) is 11.4 Å². The average Bonchev–Trinajstić information content (AvgIpc) is 2.72. The zero-order valence-electron chi connectivity index (χ0n) is 11.1. The van der Waals surface area contributed by atoms with Crippen LogP contribution in [0.2, 0.25) is 0 Å². The number of hydrogen-bond acceptors (Lipinski definition) is 2. The third kappa shape index (κ3) is 2.05. The molecule has 0 saturated carbocycles. The van der Waals surface area contributed by atoms with Gasteiger partial charge < -0.3 is 10.3 Å². The number of halogens is 2. The van der Waals surface area contributed by atoms with Gasteiger partial charge in [0.25, 0.3) is 0 Å². The van der Waals surface area contributed by atoms with Crippen LogP contribution in [-0.4, -0.2) is 9.55 Å². The summed E-state index contributed by atoms with van der Waals surface area (Å²) in [5, 5.41) is 0. The first-order chi connectivity index (χ1) is 9.49. The van der Waals surface area contributed by atoms with E-state index in [2.05, 4.69) is 49.4 Å². The summed E-state index contributed by atoms with van der Waals surface area (Å²) in [7, 11) is 2.02. The summed E-state index contributed by atoms with van der Waals surface area (Å²) in [4.78, 5) is 4.73. The fourth-order valence-electron chi connectivity index (χ4n) is 2.48. The Morgan fingerprint density at radius 2 is 1.95 bits per heavy atom. The molecule has 0 radical (unpaired) electrons. The quantitative estimate of drug-likeness (QED) is 0.610. The molecule has 3 nitrogen and oxygen atoms in total. The summed E-state index contributed by atoms with van der Waals surface area (Å²) in [6.07, 6.45) is 0. The maximum absolute atomic E-state index is 6.19. The number of imidazole rings is 1. The molecule has 0 atom stereocenters. The molecule has 5 heteroatoms. The minimum absolute atomic E-state index is 0.698. The Balaban J connectivity index is 2.36. The lowest BCUT2D eigenvalue weighted by molar-refractivity contribution is 0.955. The largest absolute Gasteiger partial charge is 0.397 e. The van der Waals surface area contributed by atoms with Gasteiger partial charge in [-0.2, -0.15) is 0 Å². The Labute approximate surface area is 134 Å². The summed E-state index contributed by atoms with van der Waals surface area (Å²) in [5.41, 5.74) is 11.1. The lowest BCUT2D eigenvalue weighted by atomic mass is 10.1. The van der Waals surface area contributed by atoms with E-state index < -0.39 is 0 Å². The van der Waals surface area contributed by atoms with Gasteiger partial charge in [-0.25, -0.2) is 4.98 Å². The van der Waals surface area contributed by atoms with Crippen molar-refractivity contribution >= 4 is 48.6 Å². The molecule has 20 heavy (non-hydrogen) atoms. The van der Waals surface area contributed by atoms with E-state index >= 15 is 0 Å². The number of aryl methyl sites for hydroxylation is 2. The number of nitrogens with two attached hydrogens (primary N) is 1. The summed E-state index contributed by atoms with van der Waals surface area (Å²) < 4.78 is 3.93. The highest BCUT2D eigenvalue weighted by molar-refractivity contribution is 9.11. The molecule has 0 fully saturated rings. The number of nitrogen functional groups attached to an aromatic ring is 1. The fourth-order valence-corrected chi connectivity index (χ4v) is 3.70. The van der Waals surface area contributed by atoms with Gasteiger partial charge in [-0.05, 0) is 46.6 Å². The number of aromatic nitrogens is 2. The van der Waals surface area contributed by atoms with E-state index in [1.807, 2.05) is 31.3 Å². The van der Waals surface area contributed by atoms with Crippen LogP contribution in [0.1, 0.15) is 5.56 Å². The number of para-hydroxylation sites is 1. The third-order valence-electron chi connectivity index (χ3n) is 3.43. The van der Waals surface area contributed by atoms with Crippen molar-refractivity contribution in [1.29, 1.82) is 0 Å². The second kappa shape index (κ2) is 4.90. The van der Waals surface area contributed by atoms with Crippen molar-refractivity contribution < 1.29 is 0 Å². The molecule has 102 valence electrons. The predicted molar refractivity (Wildman–Crippen MR) is 90.7 cm³/mol. The van der Waals surface area contributed by atoms with E-state index in [1.165, 1.54) is 5.56 Å². The first-order valence-corrected chi connectivity index (χ1v) is 7.74. The summed E-state index contributed by atoms with van der Waals surface area (Å²) in [5.74, 6) is 0.869. The highest BCUT2D eigenvalue weighted by Crippen LogP contribution is 2.36. The third-order valence-corrected chi connectivity index (χ3v) is 4.55.